The van der Waals surface area contributed by atoms with Crippen molar-refractivity contribution in [1.29, 1.82) is 4.10 Å². The van der Waals surface area contributed by atoms with Crippen LogP contribution in [0.15, 0.2) is 24.3 Å². The first-order chi connectivity index (χ1) is 14.9. The summed E-state index contributed by atoms with van der Waals surface area (Å²) in [6.45, 7) is 4.37. The molecule has 1 aliphatic rings. The number of carboxylic acids is 1. The minimum absolute atomic E-state index is 0.0364. The van der Waals surface area contributed by atoms with E-state index in [-0.39, 0.29) is 24.5 Å². The van der Waals surface area contributed by atoms with Crippen molar-refractivity contribution in [3.63, 3.8) is 0 Å². The maximum absolute atomic E-state index is 10.6. The molecule has 0 aromatic rings. The summed E-state index contributed by atoms with van der Waals surface area (Å²) in [5.74, 6) is 0.156. The summed E-state index contributed by atoms with van der Waals surface area (Å²) in [4.78, 5) is 10.6. The molecule has 2 N–H and O–H groups in total. The molecule has 160 valence electrons. The predicted octanol–water partition coefficient (Wildman–Crippen LogP) is 4.58. The minimum Gasteiger partial charge on any atom is -0.481 e. The Balaban J connectivity index is 2.70. The van der Waals surface area contributed by atoms with Gasteiger partial charge >= 0.3 is 5.97 Å². The Bertz CT molecular complexity index is 551. The zero-order valence-corrected chi connectivity index (χ0v) is 18.2. The standard InChI is InChI=1S/C22H39BO4S/c1-3-4-7-10-18(27-28-16-23)13-14-19-17(2)15-21(24)20(19)11-8-5-6-9-12-22(25)26/h5,8,13-14,17-21,24H,3-4,6-7,9-12,15-16,23H2,1-2H3,(H,25,26)/b8-5-,14-13+/t17-,18+,19+,20-,21+/m1/s1/i23TD,24T. The summed E-state index contributed by atoms with van der Waals surface area (Å²) >= 11 is 1.21. The molecule has 5 atom stereocenters. The lowest BCUT2D eigenvalue weighted by Gasteiger charge is -2.21. The average molecular weight is 415 g/mol. The van der Waals surface area contributed by atoms with E-state index in [0.717, 1.165) is 44.9 Å². The lowest BCUT2D eigenvalue weighted by molar-refractivity contribution is -0.137. The number of unbranched alkanes of at least 4 members (excludes halogenated alkanes) is 3. The Kier molecular flexibility index (Phi) is 11.1. The Morgan fingerprint density at radius 3 is 3.07 bits per heavy atom. The molecule has 6 heteroatoms. The number of hydrogen-bond acceptors (Lipinski definition) is 4. The number of carboxylic acid groups (broad SMARTS) is 1. The third kappa shape index (κ3) is 10.2. The van der Waals surface area contributed by atoms with E-state index in [2.05, 4.69) is 32.1 Å². The van der Waals surface area contributed by atoms with Crippen LogP contribution in [0.4, 0.5) is 0 Å². The molecule has 0 spiro atoms. The van der Waals surface area contributed by atoms with Crippen molar-refractivity contribution in [3.05, 3.63) is 24.3 Å². The summed E-state index contributed by atoms with van der Waals surface area (Å²) in [5, 5.41) is 13.8. The van der Waals surface area contributed by atoms with Crippen molar-refractivity contribution in [2.24, 2.45) is 17.8 Å². The second-order valence-corrected chi connectivity index (χ2v) is 8.55. The molecule has 0 bridgehead atoms. The van der Waals surface area contributed by atoms with Gasteiger partial charge in [0.15, 0.2) is 0 Å². The third-order valence-electron chi connectivity index (χ3n) is 5.47. The maximum atomic E-state index is 10.6. The fourth-order valence-electron chi connectivity index (χ4n) is 3.90. The Morgan fingerprint density at radius 1 is 1.50 bits per heavy atom. The van der Waals surface area contributed by atoms with E-state index in [9.17, 15) is 4.79 Å². The van der Waals surface area contributed by atoms with Gasteiger partial charge in [-0.3, -0.25) is 4.79 Å². The highest BCUT2D eigenvalue weighted by Gasteiger charge is 2.37. The number of carbonyl (C=O) groups is 1. The first-order valence-corrected chi connectivity index (χ1v) is 11.6. The van der Waals surface area contributed by atoms with E-state index in [1.54, 1.807) is 0 Å². The Hall–Kier alpha value is -0.715. The smallest absolute Gasteiger partial charge is 0.303 e. The first-order valence-electron chi connectivity index (χ1n) is 12.2. The number of allylic oxidation sites excluding steroid dienone is 3. The molecule has 0 aromatic carbocycles. The lowest BCUT2D eigenvalue weighted by Crippen LogP contribution is -2.18. The molecule has 0 saturated heterocycles. The summed E-state index contributed by atoms with van der Waals surface area (Å²) in [5.41, 5.74) is 0.335. The van der Waals surface area contributed by atoms with Gasteiger partial charge in [0.1, 0.15) is 7.77 Å². The van der Waals surface area contributed by atoms with Crippen molar-refractivity contribution in [2.75, 3.05) is 5.65 Å². The van der Waals surface area contributed by atoms with Gasteiger partial charge in [-0.1, -0.05) is 57.4 Å². The van der Waals surface area contributed by atoms with E-state index in [1.165, 1.54) is 12.0 Å². The van der Waals surface area contributed by atoms with Gasteiger partial charge < -0.3 is 14.4 Å². The molecule has 28 heavy (non-hydrogen) atoms. The summed E-state index contributed by atoms with van der Waals surface area (Å²) in [6, 6.07) is 0. The highest BCUT2D eigenvalue weighted by atomic mass is 32.2. The number of rotatable bonds is 17. The molecular formula is C22H39BO4S. The monoisotopic (exact) mass is 415 g/mol. The zero-order valence-electron chi connectivity index (χ0n) is 20.4. The van der Waals surface area contributed by atoms with Crippen LogP contribution in [0, 0.1) is 17.8 Å². The minimum atomic E-state index is -0.887. The van der Waals surface area contributed by atoms with Crippen molar-refractivity contribution < 1.29 is 19.2 Å². The highest BCUT2D eigenvalue weighted by molar-refractivity contribution is 7.95. The second-order valence-electron chi connectivity index (χ2n) is 7.79. The van der Waals surface area contributed by atoms with Gasteiger partial charge in [-0.25, -0.2) is 0 Å². The Morgan fingerprint density at radius 2 is 2.36 bits per heavy atom. The quantitative estimate of drug-likeness (QED) is 0.158. The molecule has 0 amide bonds. The van der Waals surface area contributed by atoms with Crippen molar-refractivity contribution in [2.45, 2.75) is 83.8 Å². The second kappa shape index (κ2) is 15.2. The third-order valence-corrected chi connectivity index (χ3v) is 5.99. The Labute approximate surface area is 181 Å². The largest absolute Gasteiger partial charge is 0.481 e. The van der Waals surface area contributed by atoms with Gasteiger partial charge in [0, 0.05) is 6.42 Å². The molecule has 0 aliphatic heterocycles. The molecule has 1 saturated carbocycles. The van der Waals surface area contributed by atoms with Crippen LogP contribution in [0.1, 0.15) is 71.6 Å². The van der Waals surface area contributed by atoms with Gasteiger partial charge in [0.05, 0.1) is 12.2 Å². The van der Waals surface area contributed by atoms with Gasteiger partial charge in [0.25, 0.3) is 0 Å². The number of aliphatic carboxylic acids is 1. The van der Waals surface area contributed by atoms with E-state index in [1.807, 2.05) is 6.08 Å². The van der Waals surface area contributed by atoms with Gasteiger partial charge in [0.2, 0.25) is 1.43 Å². The van der Waals surface area contributed by atoms with Crippen LogP contribution in [-0.4, -0.2) is 45.9 Å². The maximum Gasteiger partial charge on any atom is 0.303 e. The molecular weight excluding hydrogens is 371 g/mol. The van der Waals surface area contributed by atoms with Crippen molar-refractivity contribution in [1.82, 2.24) is 0 Å². The molecule has 0 unspecified atom stereocenters. The van der Waals surface area contributed by atoms with Crippen LogP contribution in [0.3, 0.4) is 0 Å². The van der Waals surface area contributed by atoms with Gasteiger partial charge in [-0.05, 0) is 70.2 Å². The fourth-order valence-corrected chi connectivity index (χ4v) is 4.32. The van der Waals surface area contributed by atoms with E-state index in [4.69, 9.17) is 18.5 Å². The predicted molar refractivity (Wildman–Crippen MR) is 121 cm³/mol. The molecule has 4 nitrogen and oxygen atoms in total. The van der Waals surface area contributed by atoms with Gasteiger partial charge in [-0.15, -0.1) is 0 Å². The van der Waals surface area contributed by atoms with Crippen LogP contribution in [0.2, 0.25) is 0 Å². The first kappa shape index (κ1) is 20.6. The molecule has 0 radical (unpaired) electrons. The highest BCUT2D eigenvalue weighted by Crippen LogP contribution is 2.40. The molecule has 1 aliphatic carbocycles. The zero-order chi connectivity index (χ0) is 23.1. The van der Waals surface area contributed by atoms with Crippen molar-refractivity contribution in [3.8, 4) is 0 Å². The fraction of sp³-hybridized carbons (Fsp3) is 0.773. The van der Waals surface area contributed by atoms with Crippen LogP contribution >= 0.6 is 12.0 Å². The molecule has 1 rings (SSSR count). The SMILES string of the molecule is [2H]B([3H])CSO[C@H](/C=C/[C@@H]1[C@@H](C/C=C\CCCC(=O)O)[C@@H](O[3H])C[C@H]1C)CCCCC. The number of hydrogen-bond donors (Lipinski definition) is 2. The summed E-state index contributed by atoms with van der Waals surface area (Å²) in [7, 11) is -0.887. The van der Waals surface area contributed by atoms with Gasteiger partial charge in [-0.2, -0.15) is 0 Å². The number of aliphatic hydroxyl groups excluding tert-OH is 1. The van der Waals surface area contributed by atoms with Crippen LogP contribution < -0.4 is 0 Å². The summed E-state index contributed by atoms with van der Waals surface area (Å²) < 4.78 is 28.0. The molecule has 1 fully saturated rings. The summed E-state index contributed by atoms with van der Waals surface area (Å²) in [6.07, 6.45) is 15.9. The average Bonchev–Trinajstić information content (AvgIpc) is 3.02. The van der Waals surface area contributed by atoms with E-state index in [0.29, 0.717) is 23.9 Å². The van der Waals surface area contributed by atoms with Crippen LogP contribution in [0.5, 0.6) is 0 Å². The number of aliphatic hydroxyl groups is 1. The van der Waals surface area contributed by atoms with E-state index < -0.39 is 13.7 Å². The normalized spacial score (nSPS) is 27.7. The molecule has 0 heterocycles. The lowest BCUT2D eigenvalue weighted by atomic mass is 9.86. The molecule has 0 aromatic heterocycles. The van der Waals surface area contributed by atoms with Crippen LogP contribution in [0.25, 0.3) is 0 Å². The van der Waals surface area contributed by atoms with Crippen LogP contribution in [-0.2, 0) is 8.98 Å². The topological polar surface area (TPSA) is 66.8 Å². The van der Waals surface area contributed by atoms with E-state index >= 15 is 0 Å². The van der Waals surface area contributed by atoms with Crippen molar-refractivity contribution >= 4 is 25.8 Å².